The predicted molar refractivity (Wildman–Crippen MR) is 91.1 cm³/mol. The summed E-state index contributed by atoms with van der Waals surface area (Å²) in [6.07, 6.45) is 2.98. The van der Waals surface area contributed by atoms with Crippen molar-refractivity contribution in [1.82, 2.24) is 0 Å². The summed E-state index contributed by atoms with van der Waals surface area (Å²) < 4.78 is 0. The van der Waals surface area contributed by atoms with Gasteiger partial charge in [-0.25, -0.2) is 0 Å². The molecule has 2 aromatic carbocycles. The largest absolute Gasteiger partial charge is 0.309 e. The van der Waals surface area contributed by atoms with E-state index in [-0.39, 0.29) is 0 Å². The molecule has 0 aromatic heterocycles. The Bertz CT molecular complexity index is 505. The Balaban J connectivity index is 2.23. The molecule has 0 aliphatic heterocycles. The van der Waals surface area contributed by atoms with Crippen molar-refractivity contribution in [3.8, 4) is 0 Å². The average molecular weight is 279 g/mol. The Morgan fingerprint density at radius 3 is 1.81 bits per heavy atom. The number of benzene rings is 2. The molecule has 0 saturated carbocycles. The van der Waals surface area contributed by atoms with Crippen molar-refractivity contribution in [2.45, 2.75) is 39.0 Å². The van der Waals surface area contributed by atoms with Gasteiger partial charge in [0, 0.05) is 11.6 Å². The van der Waals surface area contributed by atoms with Crippen LogP contribution in [0.3, 0.4) is 0 Å². The minimum Gasteiger partial charge on any atom is -0.309 e. The first-order valence-corrected chi connectivity index (χ1v) is 7.89. The summed E-state index contributed by atoms with van der Waals surface area (Å²) in [6.45, 7) is 4.34. The second-order valence-corrected chi connectivity index (χ2v) is 5.79. The summed E-state index contributed by atoms with van der Waals surface area (Å²) in [5, 5.41) is 8.21. The number of nitrogens with one attached hydrogen (secondary N) is 1. The van der Waals surface area contributed by atoms with Gasteiger partial charge in [-0.05, 0) is 29.9 Å². The standard InChI is InChI=1S/C20H25N/c1-3-10-20(21)16(2)15-19(17-11-6-4-7-12-17)18-13-8-5-9-14-18/h4-9,11-14,16,19,21H,3,10,15H2,1-2H3. The van der Waals surface area contributed by atoms with Crippen LogP contribution in [-0.4, -0.2) is 5.71 Å². The van der Waals surface area contributed by atoms with Gasteiger partial charge in [-0.15, -0.1) is 0 Å². The van der Waals surface area contributed by atoms with Crippen molar-refractivity contribution in [3.05, 3.63) is 71.8 Å². The molecule has 0 radical (unpaired) electrons. The van der Waals surface area contributed by atoms with Crippen LogP contribution < -0.4 is 0 Å². The molecule has 1 N–H and O–H groups in total. The molecule has 0 spiro atoms. The van der Waals surface area contributed by atoms with Crippen LogP contribution in [0, 0.1) is 11.3 Å². The van der Waals surface area contributed by atoms with E-state index in [2.05, 4.69) is 74.5 Å². The van der Waals surface area contributed by atoms with Crippen molar-refractivity contribution in [2.75, 3.05) is 0 Å². The Labute approximate surface area is 128 Å². The van der Waals surface area contributed by atoms with Crippen LogP contribution in [0.4, 0.5) is 0 Å². The molecule has 2 aromatic rings. The molecule has 0 bridgehead atoms. The van der Waals surface area contributed by atoms with Crippen LogP contribution in [0.25, 0.3) is 0 Å². The molecular weight excluding hydrogens is 254 g/mol. The van der Waals surface area contributed by atoms with Crippen LogP contribution >= 0.6 is 0 Å². The lowest BCUT2D eigenvalue weighted by atomic mass is 9.82. The van der Waals surface area contributed by atoms with Gasteiger partial charge in [0.1, 0.15) is 0 Å². The zero-order chi connectivity index (χ0) is 15.1. The molecule has 1 nitrogen and oxygen atoms in total. The van der Waals surface area contributed by atoms with E-state index in [1.54, 1.807) is 0 Å². The molecule has 0 amide bonds. The Morgan fingerprint density at radius 2 is 1.38 bits per heavy atom. The molecule has 0 aliphatic rings. The first-order chi connectivity index (χ1) is 10.2. The highest BCUT2D eigenvalue weighted by Gasteiger charge is 2.19. The third-order valence-electron chi connectivity index (χ3n) is 4.11. The highest BCUT2D eigenvalue weighted by Crippen LogP contribution is 2.31. The van der Waals surface area contributed by atoms with E-state index in [4.69, 9.17) is 5.41 Å². The second kappa shape index (κ2) is 7.78. The lowest BCUT2D eigenvalue weighted by Gasteiger charge is -2.22. The van der Waals surface area contributed by atoms with Gasteiger partial charge in [0.2, 0.25) is 0 Å². The van der Waals surface area contributed by atoms with Gasteiger partial charge in [0.05, 0.1) is 0 Å². The molecule has 0 saturated heterocycles. The fraction of sp³-hybridized carbons (Fsp3) is 0.350. The smallest absolute Gasteiger partial charge is 0.0117 e. The Hall–Kier alpha value is -1.89. The first-order valence-electron chi connectivity index (χ1n) is 7.89. The highest BCUT2D eigenvalue weighted by molar-refractivity contribution is 5.83. The molecule has 1 atom stereocenters. The lowest BCUT2D eigenvalue weighted by molar-refractivity contribution is 0.604. The summed E-state index contributed by atoms with van der Waals surface area (Å²) in [4.78, 5) is 0. The Morgan fingerprint density at radius 1 is 0.905 bits per heavy atom. The predicted octanol–water partition coefficient (Wildman–Crippen LogP) is 5.66. The maximum Gasteiger partial charge on any atom is 0.0117 e. The Kier molecular flexibility index (Phi) is 5.74. The summed E-state index contributed by atoms with van der Waals surface area (Å²) in [5.74, 6) is 0.704. The van der Waals surface area contributed by atoms with Crippen LogP contribution in [0.2, 0.25) is 0 Å². The van der Waals surface area contributed by atoms with Crippen LogP contribution in [-0.2, 0) is 0 Å². The quantitative estimate of drug-likeness (QED) is 0.632. The van der Waals surface area contributed by atoms with Gasteiger partial charge in [0.15, 0.2) is 0 Å². The van der Waals surface area contributed by atoms with E-state index < -0.39 is 0 Å². The van der Waals surface area contributed by atoms with E-state index in [9.17, 15) is 0 Å². The van der Waals surface area contributed by atoms with Crippen molar-refractivity contribution in [3.63, 3.8) is 0 Å². The van der Waals surface area contributed by atoms with Gasteiger partial charge in [-0.1, -0.05) is 80.9 Å². The average Bonchev–Trinajstić information content (AvgIpc) is 2.54. The fourth-order valence-electron chi connectivity index (χ4n) is 2.85. The van der Waals surface area contributed by atoms with E-state index in [1.807, 2.05) is 0 Å². The van der Waals surface area contributed by atoms with Crippen molar-refractivity contribution < 1.29 is 0 Å². The molecule has 0 fully saturated rings. The van der Waals surface area contributed by atoms with Crippen LogP contribution in [0.15, 0.2) is 60.7 Å². The summed E-state index contributed by atoms with van der Waals surface area (Å²) in [6, 6.07) is 21.4. The molecule has 21 heavy (non-hydrogen) atoms. The molecule has 1 unspecified atom stereocenters. The van der Waals surface area contributed by atoms with Crippen LogP contribution in [0.1, 0.15) is 50.2 Å². The zero-order valence-corrected chi connectivity index (χ0v) is 13.0. The SMILES string of the molecule is CCCC(=N)C(C)CC(c1ccccc1)c1ccccc1. The molecule has 0 aliphatic carbocycles. The fourth-order valence-corrected chi connectivity index (χ4v) is 2.85. The molecule has 2 rings (SSSR count). The maximum absolute atomic E-state index is 8.21. The first kappa shape index (κ1) is 15.5. The van der Waals surface area contributed by atoms with Crippen molar-refractivity contribution >= 4 is 5.71 Å². The summed E-state index contributed by atoms with van der Waals surface area (Å²) >= 11 is 0. The van der Waals surface area contributed by atoms with Gasteiger partial charge in [0.25, 0.3) is 0 Å². The van der Waals surface area contributed by atoms with Crippen molar-refractivity contribution in [1.29, 1.82) is 5.41 Å². The van der Waals surface area contributed by atoms with Crippen LogP contribution in [0.5, 0.6) is 0 Å². The maximum atomic E-state index is 8.21. The number of hydrogen-bond donors (Lipinski definition) is 1. The topological polar surface area (TPSA) is 23.9 Å². The minimum atomic E-state index is 0.329. The summed E-state index contributed by atoms with van der Waals surface area (Å²) in [5.41, 5.74) is 3.58. The van der Waals surface area contributed by atoms with E-state index in [0.29, 0.717) is 11.8 Å². The zero-order valence-electron chi connectivity index (χ0n) is 13.0. The van der Waals surface area contributed by atoms with E-state index in [0.717, 1.165) is 25.0 Å². The molecular formula is C20H25N. The van der Waals surface area contributed by atoms with E-state index in [1.165, 1.54) is 11.1 Å². The monoisotopic (exact) mass is 279 g/mol. The summed E-state index contributed by atoms with van der Waals surface area (Å²) in [7, 11) is 0. The second-order valence-electron chi connectivity index (χ2n) is 5.79. The molecule has 110 valence electrons. The third kappa shape index (κ3) is 4.29. The van der Waals surface area contributed by atoms with Gasteiger partial charge in [-0.3, -0.25) is 0 Å². The van der Waals surface area contributed by atoms with E-state index >= 15 is 0 Å². The normalized spacial score (nSPS) is 12.3. The minimum absolute atomic E-state index is 0.329. The number of hydrogen-bond acceptors (Lipinski definition) is 1. The van der Waals surface area contributed by atoms with Gasteiger partial charge in [-0.2, -0.15) is 0 Å². The molecule has 0 heterocycles. The number of rotatable bonds is 7. The van der Waals surface area contributed by atoms with Gasteiger partial charge < -0.3 is 5.41 Å². The van der Waals surface area contributed by atoms with Gasteiger partial charge >= 0.3 is 0 Å². The molecule has 1 heteroatoms. The van der Waals surface area contributed by atoms with Crippen molar-refractivity contribution in [2.24, 2.45) is 5.92 Å². The lowest BCUT2D eigenvalue weighted by Crippen LogP contribution is -2.14. The highest BCUT2D eigenvalue weighted by atomic mass is 14.4. The third-order valence-corrected chi connectivity index (χ3v) is 4.11.